The third kappa shape index (κ3) is 6.54. The number of urea groups is 1. The van der Waals surface area contributed by atoms with Crippen molar-refractivity contribution in [1.29, 1.82) is 0 Å². The molecule has 1 unspecified atom stereocenters. The lowest BCUT2D eigenvalue weighted by atomic mass is 10.1. The Kier molecular flexibility index (Phi) is 7.69. The predicted octanol–water partition coefficient (Wildman–Crippen LogP) is 2.68. The number of aliphatic hydroxyl groups is 1. The average molecular weight is 280 g/mol. The van der Waals surface area contributed by atoms with Gasteiger partial charge in [-0.25, -0.2) is 4.79 Å². The molecule has 5 heteroatoms. The first-order chi connectivity index (χ1) is 9.63. The van der Waals surface area contributed by atoms with Gasteiger partial charge in [0.1, 0.15) is 0 Å². The van der Waals surface area contributed by atoms with Crippen molar-refractivity contribution in [3.05, 3.63) is 29.8 Å². The molecule has 2 amide bonds. The summed E-state index contributed by atoms with van der Waals surface area (Å²) in [6, 6.07) is 6.89. The molecule has 5 nitrogen and oxygen atoms in total. The Hall–Kier alpha value is -1.59. The highest BCUT2D eigenvalue weighted by molar-refractivity contribution is 5.89. The van der Waals surface area contributed by atoms with Gasteiger partial charge < -0.3 is 20.5 Å². The third-order valence-electron chi connectivity index (χ3n) is 2.75. The largest absolute Gasteiger partial charge is 0.389 e. The summed E-state index contributed by atoms with van der Waals surface area (Å²) in [5.74, 6) is 0. The van der Waals surface area contributed by atoms with Crippen LogP contribution in [0.4, 0.5) is 10.5 Å². The van der Waals surface area contributed by atoms with Crippen molar-refractivity contribution >= 4 is 11.7 Å². The quantitative estimate of drug-likeness (QED) is 0.641. The van der Waals surface area contributed by atoms with Gasteiger partial charge in [0.05, 0.1) is 6.10 Å². The molecule has 0 saturated carbocycles. The molecule has 0 fully saturated rings. The summed E-state index contributed by atoms with van der Waals surface area (Å²) >= 11 is 0. The van der Waals surface area contributed by atoms with Crippen LogP contribution < -0.4 is 10.6 Å². The van der Waals surface area contributed by atoms with Crippen LogP contribution in [0.3, 0.4) is 0 Å². The molecule has 0 heterocycles. The summed E-state index contributed by atoms with van der Waals surface area (Å²) in [6.07, 6.45) is 1.31. The van der Waals surface area contributed by atoms with Gasteiger partial charge in [-0.15, -0.1) is 0 Å². The second kappa shape index (κ2) is 9.34. The van der Waals surface area contributed by atoms with E-state index in [1.54, 1.807) is 31.2 Å². The monoisotopic (exact) mass is 280 g/mol. The average Bonchev–Trinajstić information content (AvgIpc) is 2.43. The smallest absolute Gasteiger partial charge is 0.319 e. The van der Waals surface area contributed by atoms with Crippen molar-refractivity contribution in [3.8, 4) is 0 Å². The molecule has 20 heavy (non-hydrogen) atoms. The van der Waals surface area contributed by atoms with Gasteiger partial charge >= 0.3 is 6.03 Å². The highest BCUT2D eigenvalue weighted by Crippen LogP contribution is 2.15. The SMILES string of the molecule is CCCOCCCNC(=O)Nc1ccc(C(C)O)cc1. The van der Waals surface area contributed by atoms with Crippen LogP contribution in [0, 0.1) is 0 Å². The summed E-state index contributed by atoms with van der Waals surface area (Å²) in [5, 5.41) is 14.9. The van der Waals surface area contributed by atoms with Gasteiger partial charge in [-0.1, -0.05) is 19.1 Å². The molecule has 0 aliphatic carbocycles. The van der Waals surface area contributed by atoms with Crippen LogP contribution >= 0.6 is 0 Å². The second-order valence-electron chi connectivity index (χ2n) is 4.64. The molecule has 1 atom stereocenters. The number of anilines is 1. The van der Waals surface area contributed by atoms with Crippen molar-refractivity contribution in [3.63, 3.8) is 0 Å². The molecule has 0 aromatic heterocycles. The summed E-state index contributed by atoms with van der Waals surface area (Å²) in [4.78, 5) is 11.6. The molecule has 112 valence electrons. The topological polar surface area (TPSA) is 70.6 Å². The lowest BCUT2D eigenvalue weighted by Crippen LogP contribution is -2.30. The van der Waals surface area contributed by atoms with E-state index in [1.807, 2.05) is 0 Å². The number of hydrogen-bond donors (Lipinski definition) is 3. The van der Waals surface area contributed by atoms with Crippen LogP contribution in [0.5, 0.6) is 0 Å². The molecular formula is C15H24N2O3. The number of nitrogens with one attached hydrogen (secondary N) is 2. The minimum absolute atomic E-state index is 0.231. The molecule has 0 aliphatic heterocycles. The molecule has 0 saturated heterocycles. The first kappa shape index (κ1) is 16.5. The summed E-state index contributed by atoms with van der Waals surface area (Å²) in [5.41, 5.74) is 1.53. The number of hydrogen-bond acceptors (Lipinski definition) is 3. The maximum Gasteiger partial charge on any atom is 0.319 e. The van der Waals surface area contributed by atoms with E-state index in [0.717, 1.165) is 25.0 Å². The van der Waals surface area contributed by atoms with E-state index in [9.17, 15) is 9.90 Å². The fraction of sp³-hybridized carbons (Fsp3) is 0.533. The van der Waals surface area contributed by atoms with Gasteiger partial charge in [-0.3, -0.25) is 0 Å². The van der Waals surface area contributed by atoms with Gasteiger partial charge in [0.2, 0.25) is 0 Å². The highest BCUT2D eigenvalue weighted by Gasteiger charge is 2.03. The van der Waals surface area contributed by atoms with E-state index in [0.29, 0.717) is 18.8 Å². The molecule has 1 aromatic rings. The summed E-state index contributed by atoms with van der Waals surface area (Å²) in [7, 11) is 0. The minimum atomic E-state index is -0.499. The predicted molar refractivity (Wildman–Crippen MR) is 79.8 cm³/mol. The third-order valence-corrected chi connectivity index (χ3v) is 2.75. The van der Waals surface area contributed by atoms with E-state index in [1.165, 1.54) is 0 Å². The zero-order valence-electron chi connectivity index (χ0n) is 12.2. The van der Waals surface area contributed by atoms with Crippen LogP contribution in [0.25, 0.3) is 0 Å². The Morgan fingerprint density at radius 3 is 2.60 bits per heavy atom. The lowest BCUT2D eigenvalue weighted by Gasteiger charge is -2.09. The molecule has 1 aromatic carbocycles. The Balaban J connectivity index is 2.21. The van der Waals surface area contributed by atoms with Crippen molar-refractivity contribution in [1.82, 2.24) is 5.32 Å². The molecule has 0 spiro atoms. The first-order valence-corrected chi connectivity index (χ1v) is 7.04. The number of benzene rings is 1. The van der Waals surface area contributed by atoms with E-state index in [4.69, 9.17) is 4.74 Å². The Morgan fingerprint density at radius 1 is 1.30 bits per heavy atom. The number of ether oxygens (including phenoxy) is 1. The minimum Gasteiger partial charge on any atom is -0.389 e. The molecule has 3 N–H and O–H groups in total. The fourth-order valence-electron chi connectivity index (χ4n) is 1.64. The van der Waals surface area contributed by atoms with Crippen LogP contribution in [0.2, 0.25) is 0 Å². The number of amides is 2. The van der Waals surface area contributed by atoms with Crippen LogP contribution in [0.15, 0.2) is 24.3 Å². The van der Waals surface area contributed by atoms with Gasteiger partial charge in [-0.2, -0.15) is 0 Å². The van der Waals surface area contributed by atoms with E-state index < -0.39 is 6.10 Å². The van der Waals surface area contributed by atoms with Crippen LogP contribution in [0.1, 0.15) is 38.4 Å². The van der Waals surface area contributed by atoms with Crippen molar-refractivity contribution in [2.75, 3.05) is 25.1 Å². The van der Waals surface area contributed by atoms with E-state index >= 15 is 0 Å². The lowest BCUT2D eigenvalue weighted by molar-refractivity contribution is 0.132. The van der Waals surface area contributed by atoms with E-state index in [-0.39, 0.29) is 6.03 Å². The summed E-state index contributed by atoms with van der Waals surface area (Å²) < 4.78 is 5.32. The fourth-order valence-corrected chi connectivity index (χ4v) is 1.64. The van der Waals surface area contributed by atoms with Crippen molar-refractivity contribution < 1.29 is 14.6 Å². The van der Waals surface area contributed by atoms with Gasteiger partial charge in [0.25, 0.3) is 0 Å². The first-order valence-electron chi connectivity index (χ1n) is 7.04. The zero-order chi connectivity index (χ0) is 14.8. The molecular weight excluding hydrogens is 256 g/mol. The maximum absolute atomic E-state index is 11.6. The zero-order valence-corrected chi connectivity index (χ0v) is 12.2. The normalized spacial score (nSPS) is 11.9. The Morgan fingerprint density at radius 2 is 2.00 bits per heavy atom. The number of aliphatic hydroxyl groups excluding tert-OH is 1. The standard InChI is InChI=1S/C15H24N2O3/c1-3-10-20-11-4-9-16-15(19)17-14-7-5-13(6-8-14)12(2)18/h5-8,12,18H,3-4,9-11H2,1-2H3,(H2,16,17,19). The molecule has 0 bridgehead atoms. The number of rotatable bonds is 8. The van der Waals surface area contributed by atoms with Gasteiger partial charge in [-0.05, 0) is 37.5 Å². The highest BCUT2D eigenvalue weighted by atomic mass is 16.5. The molecule has 1 rings (SSSR count). The Bertz CT molecular complexity index is 391. The van der Waals surface area contributed by atoms with Gasteiger partial charge in [0.15, 0.2) is 0 Å². The maximum atomic E-state index is 11.6. The van der Waals surface area contributed by atoms with Crippen molar-refractivity contribution in [2.24, 2.45) is 0 Å². The number of carbonyl (C=O) groups is 1. The van der Waals surface area contributed by atoms with Gasteiger partial charge in [0, 0.05) is 25.4 Å². The number of carbonyl (C=O) groups excluding carboxylic acids is 1. The van der Waals surface area contributed by atoms with Crippen LogP contribution in [-0.2, 0) is 4.74 Å². The molecule has 0 aliphatic rings. The summed E-state index contributed by atoms with van der Waals surface area (Å²) in [6.45, 7) is 5.78. The molecule has 0 radical (unpaired) electrons. The Labute approximate surface area is 120 Å². The van der Waals surface area contributed by atoms with E-state index in [2.05, 4.69) is 17.6 Å². The second-order valence-corrected chi connectivity index (χ2v) is 4.64. The van der Waals surface area contributed by atoms with Crippen LogP contribution in [-0.4, -0.2) is 30.9 Å². The van der Waals surface area contributed by atoms with Crippen molar-refractivity contribution in [2.45, 2.75) is 32.8 Å².